The Kier molecular flexibility index (Phi) is 6.35. The van der Waals surface area contributed by atoms with Crippen LogP contribution in [0.3, 0.4) is 0 Å². The van der Waals surface area contributed by atoms with Crippen molar-refractivity contribution in [1.29, 1.82) is 0 Å². The Bertz CT molecular complexity index is 1000. The highest BCUT2D eigenvalue weighted by molar-refractivity contribution is 5.93. The van der Waals surface area contributed by atoms with Crippen LogP contribution in [0.2, 0.25) is 0 Å². The monoisotopic (exact) mass is 412 g/mol. The van der Waals surface area contributed by atoms with Crippen molar-refractivity contribution in [2.24, 2.45) is 5.16 Å². The number of amides is 1. The zero-order chi connectivity index (χ0) is 21.7. The fourth-order valence-corrected chi connectivity index (χ4v) is 3.42. The Morgan fingerprint density at radius 1 is 1.10 bits per heavy atom. The van der Waals surface area contributed by atoms with Crippen LogP contribution in [0.4, 0.5) is 21.9 Å². The van der Waals surface area contributed by atoms with Gasteiger partial charge in [-0.25, -0.2) is 4.79 Å². The minimum absolute atomic E-state index is 0.326. The number of nitro benzene ring substituents is 2. The van der Waals surface area contributed by atoms with Gasteiger partial charge < -0.3 is 0 Å². The van der Waals surface area contributed by atoms with Gasteiger partial charge in [0.15, 0.2) is 0 Å². The second-order valence-corrected chi connectivity index (χ2v) is 7.01. The molecular weight excluding hydrogens is 392 g/mol. The Morgan fingerprint density at radius 3 is 2.50 bits per heavy atom. The summed E-state index contributed by atoms with van der Waals surface area (Å²) in [6.45, 7) is 1.93. The summed E-state index contributed by atoms with van der Waals surface area (Å²) in [5, 5.41) is 29.0. The minimum atomic E-state index is -0.770. The molecule has 0 spiro atoms. The molecule has 1 N–H and O–H groups in total. The smallest absolute Gasteiger partial charge is 0.298 e. The van der Waals surface area contributed by atoms with Crippen LogP contribution in [0.1, 0.15) is 42.7 Å². The van der Waals surface area contributed by atoms with Gasteiger partial charge in [0.25, 0.3) is 11.4 Å². The number of anilines is 1. The zero-order valence-electron chi connectivity index (χ0n) is 16.2. The summed E-state index contributed by atoms with van der Waals surface area (Å²) in [4.78, 5) is 38.2. The average molecular weight is 412 g/mol. The Labute approximate surface area is 171 Å². The van der Waals surface area contributed by atoms with E-state index in [1.165, 1.54) is 12.1 Å². The summed E-state index contributed by atoms with van der Waals surface area (Å²) in [5.41, 5.74) is 1.73. The first-order valence-corrected chi connectivity index (χ1v) is 9.39. The van der Waals surface area contributed by atoms with Gasteiger partial charge in [0.05, 0.1) is 21.6 Å². The van der Waals surface area contributed by atoms with Crippen molar-refractivity contribution in [3.8, 4) is 0 Å². The summed E-state index contributed by atoms with van der Waals surface area (Å²) in [5.74, 6) is -0.452. The van der Waals surface area contributed by atoms with Crippen molar-refractivity contribution < 1.29 is 19.5 Å². The molecule has 1 atom stereocenters. The zero-order valence-corrected chi connectivity index (χ0v) is 16.2. The molecular formula is C20H20N4O6. The van der Waals surface area contributed by atoms with E-state index in [9.17, 15) is 25.0 Å². The van der Waals surface area contributed by atoms with E-state index in [0.717, 1.165) is 24.5 Å². The van der Waals surface area contributed by atoms with Crippen LogP contribution in [0.15, 0.2) is 47.6 Å². The van der Waals surface area contributed by atoms with Gasteiger partial charge in [-0.2, -0.15) is 0 Å². The lowest BCUT2D eigenvalue weighted by molar-refractivity contribution is -0.394. The van der Waals surface area contributed by atoms with Gasteiger partial charge in [-0.1, -0.05) is 29.3 Å². The van der Waals surface area contributed by atoms with E-state index in [1.54, 1.807) is 12.1 Å². The van der Waals surface area contributed by atoms with Gasteiger partial charge in [0.2, 0.25) is 0 Å². The fourth-order valence-electron chi connectivity index (χ4n) is 3.42. The highest BCUT2D eigenvalue weighted by atomic mass is 16.7. The molecule has 1 fully saturated rings. The fraction of sp³-hybridized carbons (Fsp3) is 0.300. The number of nitrogens with zero attached hydrogens (tertiary/aromatic N) is 3. The molecule has 1 saturated carbocycles. The van der Waals surface area contributed by atoms with E-state index in [1.807, 2.05) is 19.1 Å². The molecule has 0 aliphatic heterocycles. The number of rotatable bonds is 5. The van der Waals surface area contributed by atoms with Crippen LogP contribution >= 0.6 is 0 Å². The normalized spacial score (nSPS) is 17.4. The topological polar surface area (TPSA) is 137 Å². The first kappa shape index (κ1) is 20.9. The maximum Gasteiger partial charge on any atom is 0.437 e. The van der Waals surface area contributed by atoms with Gasteiger partial charge in [-0.15, -0.1) is 0 Å². The molecule has 156 valence electrons. The molecule has 0 saturated heterocycles. The van der Waals surface area contributed by atoms with Gasteiger partial charge >= 0.3 is 6.09 Å². The Balaban J connectivity index is 1.80. The maximum atomic E-state index is 12.1. The second kappa shape index (κ2) is 9.12. The third-order valence-electron chi connectivity index (χ3n) is 4.92. The summed E-state index contributed by atoms with van der Waals surface area (Å²) < 4.78 is 0. The van der Waals surface area contributed by atoms with E-state index in [-0.39, 0.29) is 11.4 Å². The van der Waals surface area contributed by atoms with Gasteiger partial charge in [-0.3, -0.25) is 30.4 Å². The highest BCUT2D eigenvalue weighted by Gasteiger charge is 2.31. The Morgan fingerprint density at radius 2 is 1.83 bits per heavy atom. The predicted molar refractivity (Wildman–Crippen MR) is 110 cm³/mol. The van der Waals surface area contributed by atoms with Crippen LogP contribution in [0.5, 0.6) is 0 Å². The number of non-ortho nitro benzene ring substituents is 1. The van der Waals surface area contributed by atoms with E-state index in [4.69, 9.17) is 4.84 Å². The van der Waals surface area contributed by atoms with Crippen LogP contribution in [-0.2, 0) is 4.84 Å². The van der Waals surface area contributed by atoms with Crippen molar-refractivity contribution in [1.82, 2.24) is 0 Å². The number of carbonyl (C=O) groups excluding carboxylic acids is 1. The molecule has 1 aliphatic carbocycles. The largest absolute Gasteiger partial charge is 0.437 e. The molecule has 0 aromatic heterocycles. The number of hydrogen-bond acceptors (Lipinski definition) is 7. The van der Waals surface area contributed by atoms with Crippen LogP contribution in [0, 0.1) is 27.2 Å². The number of nitrogens with one attached hydrogen (secondary N) is 1. The number of aryl methyl sites for hydroxylation is 1. The van der Waals surface area contributed by atoms with Gasteiger partial charge in [0, 0.05) is 23.2 Å². The first-order valence-electron chi connectivity index (χ1n) is 9.39. The number of hydrogen-bond donors (Lipinski definition) is 1. The number of nitro groups is 2. The van der Waals surface area contributed by atoms with Gasteiger partial charge in [-0.05, 0) is 44.4 Å². The second-order valence-electron chi connectivity index (χ2n) is 7.01. The van der Waals surface area contributed by atoms with Crippen molar-refractivity contribution >= 4 is 28.9 Å². The van der Waals surface area contributed by atoms with E-state index in [2.05, 4.69) is 10.5 Å². The highest BCUT2D eigenvalue weighted by Crippen LogP contribution is 2.37. The molecule has 2 aromatic rings. The molecule has 30 heavy (non-hydrogen) atoms. The van der Waals surface area contributed by atoms with Crippen LogP contribution in [-0.4, -0.2) is 21.7 Å². The molecule has 1 amide bonds. The van der Waals surface area contributed by atoms with Crippen LogP contribution in [0.25, 0.3) is 0 Å². The average Bonchev–Trinajstić information content (AvgIpc) is 2.73. The minimum Gasteiger partial charge on any atom is -0.298 e. The summed E-state index contributed by atoms with van der Waals surface area (Å²) >= 11 is 0. The third kappa shape index (κ3) is 4.96. The number of oxime groups is 1. The SMILES string of the molecule is Cc1ccc(NC(=O)O/N=C2/CCCC[C@H]2c2ccc([N+](=O)[O-])cc2[N+](=O)[O-])cc1. The molecule has 1 aliphatic rings. The van der Waals surface area contributed by atoms with Gasteiger partial charge in [0.1, 0.15) is 0 Å². The lowest BCUT2D eigenvalue weighted by Crippen LogP contribution is -2.20. The third-order valence-corrected chi connectivity index (χ3v) is 4.92. The molecule has 0 bridgehead atoms. The summed E-state index contributed by atoms with van der Waals surface area (Å²) in [6.07, 6.45) is 1.93. The van der Waals surface area contributed by atoms with E-state index >= 15 is 0 Å². The summed E-state index contributed by atoms with van der Waals surface area (Å²) in [7, 11) is 0. The van der Waals surface area contributed by atoms with E-state index < -0.39 is 21.9 Å². The molecule has 0 radical (unpaired) electrons. The Hall–Kier alpha value is -3.82. The first-order chi connectivity index (χ1) is 14.3. The molecule has 0 unspecified atom stereocenters. The van der Waals surface area contributed by atoms with Crippen LogP contribution < -0.4 is 5.32 Å². The molecule has 0 heterocycles. The number of benzene rings is 2. The lowest BCUT2D eigenvalue weighted by Gasteiger charge is -2.23. The van der Waals surface area contributed by atoms with Crippen molar-refractivity contribution in [2.75, 3.05) is 5.32 Å². The maximum absolute atomic E-state index is 12.1. The van der Waals surface area contributed by atoms with Crippen molar-refractivity contribution in [3.63, 3.8) is 0 Å². The van der Waals surface area contributed by atoms with E-state index in [0.29, 0.717) is 29.8 Å². The molecule has 2 aromatic carbocycles. The molecule has 10 nitrogen and oxygen atoms in total. The molecule has 3 rings (SSSR count). The number of carbonyl (C=O) groups is 1. The van der Waals surface area contributed by atoms with Crippen molar-refractivity contribution in [2.45, 2.75) is 38.5 Å². The molecule has 10 heteroatoms. The summed E-state index contributed by atoms with van der Waals surface area (Å²) in [6, 6.07) is 10.7. The van der Waals surface area contributed by atoms with Crippen molar-refractivity contribution in [3.05, 3.63) is 73.8 Å². The lowest BCUT2D eigenvalue weighted by atomic mass is 9.81. The predicted octanol–water partition coefficient (Wildman–Crippen LogP) is 5.07. The standard InChI is InChI=1S/C20H20N4O6/c1-13-6-8-14(9-7-13)21-20(25)30-22-18-5-3-2-4-16(18)17-11-10-15(23(26)27)12-19(17)24(28)29/h6-12,16H,2-5H2,1H3,(H,21,25)/b22-18-/t16-/m0/s1. The quantitative estimate of drug-likeness (QED) is 0.413.